The van der Waals surface area contributed by atoms with Crippen molar-refractivity contribution in [3.05, 3.63) is 0 Å². The fraction of sp³-hybridized carbons (Fsp3) is 0.929. The number of phosphoric ester groups is 1. The monoisotopic (exact) mass is 1490 g/mol. The smallest absolute Gasteiger partial charge is 0.394 e. The number of amides is 5. The van der Waals surface area contributed by atoms with Gasteiger partial charge >= 0.3 is 7.82 Å². The molecule has 0 aromatic heterocycles. The predicted octanol–water partition coefficient (Wildman–Crippen LogP) is 3.28. The molecule has 602 valence electrons. The summed E-state index contributed by atoms with van der Waals surface area (Å²) in [5.41, 5.74) is 4.14. The van der Waals surface area contributed by atoms with E-state index in [0.717, 1.165) is 97.0 Å². The Labute approximate surface area is 606 Å². The molecule has 0 bridgehead atoms. The van der Waals surface area contributed by atoms with Crippen LogP contribution in [0.25, 0.3) is 0 Å². The number of carbonyl (C=O) groups excluding carboxylic acids is 5. The highest BCUT2D eigenvalue weighted by Crippen LogP contribution is 2.42. The maximum atomic E-state index is 13.9. The fourth-order valence-electron chi connectivity index (χ4n) is 11.8. The summed E-state index contributed by atoms with van der Waals surface area (Å²) in [4.78, 5) is 76.1. The number of carbonyl (C=O) groups is 5. The third-order valence-corrected chi connectivity index (χ3v) is 19.4. The van der Waals surface area contributed by atoms with Gasteiger partial charge in [0.05, 0.1) is 44.7 Å². The van der Waals surface area contributed by atoms with E-state index in [1.807, 2.05) is 13.8 Å². The molecule has 3 saturated heterocycles. The van der Waals surface area contributed by atoms with Crippen LogP contribution in [0.15, 0.2) is 0 Å². The van der Waals surface area contributed by atoms with Crippen molar-refractivity contribution in [2.24, 2.45) is 23.5 Å². The van der Waals surface area contributed by atoms with Gasteiger partial charge in [0.15, 0.2) is 18.9 Å². The van der Waals surface area contributed by atoms with Crippen molar-refractivity contribution >= 4 is 37.4 Å². The molecule has 31 nitrogen and oxygen atoms in total. The maximum absolute atomic E-state index is 13.9. The number of ether oxygens (including phenoxy) is 7. The Bertz CT molecular complexity index is 2040. The van der Waals surface area contributed by atoms with Gasteiger partial charge < -0.3 is 116 Å². The number of hydrogen-bond donors (Lipinski definition) is 16. The van der Waals surface area contributed by atoms with Gasteiger partial charge in [-0.15, -0.1) is 0 Å². The van der Waals surface area contributed by atoms with Gasteiger partial charge in [-0.05, 0) is 96.4 Å². The second-order valence-corrected chi connectivity index (χ2v) is 28.3. The van der Waals surface area contributed by atoms with E-state index in [-0.39, 0.29) is 93.9 Å². The summed E-state index contributed by atoms with van der Waals surface area (Å²) < 4.78 is 59.1. The van der Waals surface area contributed by atoms with Crippen LogP contribution in [-0.4, -0.2) is 260 Å². The van der Waals surface area contributed by atoms with Crippen molar-refractivity contribution in [3.63, 3.8) is 0 Å². The van der Waals surface area contributed by atoms with E-state index in [9.17, 15) is 74.5 Å². The molecular weight excluding hydrogens is 1360 g/mol. The summed E-state index contributed by atoms with van der Waals surface area (Å²) in [6.45, 7) is 12.1. The summed E-state index contributed by atoms with van der Waals surface area (Å²) in [5.74, 6) is -2.82. The molecule has 5 amide bonds. The fourth-order valence-corrected chi connectivity index (χ4v) is 12.2. The Morgan fingerprint density at radius 3 is 1.02 bits per heavy atom. The number of nitrogens with two attached hydrogens (primary N) is 1. The van der Waals surface area contributed by atoms with Crippen LogP contribution in [0.1, 0.15) is 221 Å². The first kappa shape index (κ1) is 96.8. The lowest BCUT2D eigenvalue weighted by atomic mass is 9.82. The Balaban J connectivity index is 0.00000310. The van der Waals surface area contributed by atoms with Crippen LogP contribution in [0.4, 0.5) is 0 Å². The zero-order chi connectivity index (χ0) is 76.1. The van der Waals surface area contributed by atoms with Crippen LogP contribution in [0, 0.1) is 17.8 Å². The third kappa shape index (κ3) is 41.8. The molecule has 16 unspecified atom stereocenters. The summed E-state index contributed by atoms with van der Waals surface area (Å²) in [6.07, 6.45) is 4.74. The molecule has 3 fully saturated rings. The molecule has 3 heterocycles. The molecule has 102 heavy (non-hydrogen) atoms. The van der Waals surface area contributed by atoms with E-state index >= 15 is 0 Å². The van der Waals surface area contributed by atoms with Crippen molar-refractivity contribution in [2.75, 3.05) is 99.8 Å². The molecule has 0 aromatic rings. The Morgan fingerprint density at radius 2 is 0.706 bits per heavy atom. The van der Waals surface area contributed by atoms with Gasteiger partial charge in [0.2, 0.25) is 29.5 Å². The number of hydrogen-bond acceptors (Lipinski definition) is 25. The minimum atomic E-state index is -3.75. The first-order chi connectivity index (χ1) is 48.9. The van der Waals surface area contributed by atoms with Gasteiger partial charge in [-0.3, -0.25) is 33.0 Å². The van der Waals surface area contributed by atoms with E-state index in [2.05, 4.69) is 35.6 Å². The van der Waals surface area contributed by atoms with E-state index in [0.29, 0.717) is 97.7 Å². The average molecular weight is 1490 g/mol. The summed E-state index contributed by atoms with van der Waals surface area (Å²) in [5, 5.41) is 105. The van der Waals surface area contributed by atoms with Gasteiger partial charge in [0.25, 0.3) is 0 Å². The van der Waals surface area contributed by atoms with Crippen LogP contribution in [0.2, 0.25) is 0 Å². The van der Waals surface area contributed by atoms with Gasteiger partial charge in [0, 0.05) is 122 Å². The van der Waals surface area contributed by atoms with E-state index in [1.54, 1.807) is 27.9 Å². The number of rotatable bonds is 56. The lowest BCUT2D eigenvalue weighted by Crippen LogP contribution is -2.55. The van der Waals surface area contributed by atoms with E-state index in [4.69, 9.17) is 43.8 Å². The highest BCUT2D eigenvalue weighted by atomic mass is 31.2. The molecule has 3 aliphatic heterocycles. The summed E-state index contributed by atoms with van der Waals surface area (Å²) in [6, 6.07) is 0. The lowest BCUT2D eigenvalue weighted by Gasteiger charge is -2.40. The minimum Gasteiger partial charge on any atom is -0.394 e. The number of aliphatic hydroxyl groups is 9. The molecule has 3 aliphatic rings. The Hall–Kier alpha value is -3.22. The maximum Gasteiger partial charge on any atom is 0.471 e. The first-order valence-corrected chi connectivity index (χ1v) is 39.3. The molecule has 0 spiro atoms. The summed E-state index contributed by atoms with van der Waals surface area (Å²) >= 11 is 0. The third-order valence-electron chi connectivity index (χ3n) is 18.5. The van der Waals surface area contributed by atoms with Crippen molar-refractivity contribution in [1.82, 2.24) is 26.6 Å². The minimum absolute atomic E-state index is 0.000781. The van der Waals surface area contributed by atoms with E-state index in [1.165, 1.54) is 0 Å². The quantitative estimate of drug-likeness (QED) is 0.0307. The van der Waals surface area contributed by atoms with Gasteiger partial charge in [0.1, 0.15) is 36.6 Å². The molecule has 17 N–H and O–H groups in total. The molecular formula is C70H137N6O25P. The number of aliphatic hydroxyl groups excluding tert-OH is 9. The van der Waals surface area contributed by atoms with Gasteiger partial charge in [-0.25, -0.2) is 4.57 Å². The molecule has 0 aromatic carbocycles. The largest absolute Gasteiger partial charge is 0.471 e. The number of methoxy groups -OCH3 is 1. The molecule has 32 heteroatoms. The normalized spacial score (nSPS) is 26.0. The van der Waals surface area contributed by atoms with E-state index < -0.39 is 125 Å². The van der Waals surface area contributed by atoms with Gasteiger partial charge in [-0.1, -0.05) is 98.8 Å². The number of nitrogens with one attached hydrogen (secondary N) is 5. The van der Waals surface area contributed by atoms with Crippen molar-refractivity contribution < 1.29 is 122 Å². The van der Waals surface area contributed by atoms with Crippen molar-refractivity contribution in [3.8, 4) is 0 Å². The Morgan fingerprint density at radius 1 is 0.412 bits per heavy atom. The highest BCUT2D eigenvalue weighted by molar-refractivity contribution is 7.47. The second-order valence-electron chi connectivity index (χ2n) is 26.7. The van der Waals surface area contributed by atoms with Crippen LogP contribution in [0.5, 0.6) is 0 Å². The van der Waals surface area contributed by atoms with Crippen LogP contribution < -0.4 is 32.3 Å². The summed E-state index contributed by atoms with van der Waals surface area (Å²) in [7, 11) is -0.942. The van der Waals surface area contributed by atoms with Gasteiger partial charge in [-0.2, -0.15) is 0 Å². The average Bonchev–Trinajstić information content (AvgIpc) is 0.825. The molecule has 0 radical (unpaired) electrons. The number of phosphoric acid groups is 1. The number of unbranched alkanes of at least 4 members (excludes halogenated alkanes) is 15. The molecule has 3 rings (SSSR count). The van der Waals surface area contributed by atoms with Crippen LogP contribution >= 0.6 is 7.82 Å². The standard InChI is InChI=1S/C61H113N5O21.C7H18NO4P.C2H6/c1-41-52(75)55(78)44(38-67)85-58(41)82-35-18-10-6-14-31-63-48(71)24-27-61(66-51(74)23-21-22-47(70)62-30-13-5-9-17-34-81-4,28-25-49(72)64-32-15-7-11-19-36-83-59-42(2)53(76)56(79)45(39-68)86-59)29-26-50(73)65-33-16-8-12-20-37-84-60-43(3)54(77)57(80)46(40-69)87-60;1-11-13(9,10)12-7-5-3-2-4-6-8;1-2/h41-46,52-60,67-69,75-80H,5-40H2,1-4H3,(H,62,70)(H,63,71)(H,64,72)(H,65,73)(H,66,74);2-8H2,1H3,(H,9,10);1-2H3. The predicted molar refractivity (Wildman–Crippen MR) is 380 cm³/mol. The zero-order valence-electron chi connectivity index (χ0n) is 62.5. The van der Waals surface area contributed by atoms with Crippen molar-refractivity contribution in [2.45, 2.75) is 300 Å². The topological polar surface area (TPSA) is 474 Å². The SMILES string of the molecule is CC.COCCCCCCNC(=O)CCCC(=O)NC(CCC(=O)NCCCCCCOC1OC(CO)C(O)C(O)C1C)(CCC(=O)NCCCCCCOC1OC(CO)C(O)C(O)C1C)CCC(=O)NCCCCCCOC1OC(CO)C(O)C(O)C1C.COP(=O)(O)OCCCCCCN. The second kappa shape index (κ2) is 58.8. The lowest BCUT2D eigenvalue weighted by molar-refractivity contribution is -0.282. The van der Waals surface area contributed by atoms with Crippen molar-refractivity contribution in [1.29, 1.82) is 0 Å². The first-order valence-electron chi connectivity index (χ1n) is 37.8. The molecule has 16 atom stereocenters. The molecule has 0 saturated carbocycles. The zero-order valence-corrected chi connectivity index (χ0v) is 63.4. The highest BCUT2D eigenvalue weighted by Gasteiger charge is 2.45. The van der Waals surface area contributed by atoms with Crippen LogP contribution in [0.3, 0.4) is 0 Å². The van der Waals surface area contributed by atoms with Crippen LogP contribution in [-0.2, 0) is 70.7 Å². The Kier molecular flexibility index (Phi) is 55.8. The molecule has 0 aliphatic carbocycles.